The van der Waals surface area contributed by atoms with Crippen molar-refractivity contribution in [3.63, 3.8) is 0 Å². The van der Waals surface area contributed by atoms with E-state index < -0.39 is 0 Å². The summed E-state index contributed by atoms with van der Waals surface area (Å²) in [4.78, 5) is 0. The first-order chi connectivity index (χ1) is 17.6. The molecule has 36 heavy (non-hydrogen) atoms. The van der Waals surface area contributed by atoms with Crippen LogP contribution in [0.1, 0.15) is 43.9 Å². The van der Waals surface area contributed by atoms with Gasteiger partial charge in [-0.15, -0.1) is 0 Å². The van der Waals surface area contributed by atoms with Crippen molar-refractivity contribution in [3.05, 3.63) is 150 Å². The zero-order valence-corrected chi connectivity index (χ0v) is 21.3. The fraction of sp³-hybridized carbons (Fsp3) is 0.143. The summed E-state index contributed by atoms with van der Waals surface area (Å²) in [6.07, 6.45) is 20.4. The van der Waals surface area contributed by atoms with Gasteiger partial charge < -0.3 is 5.32 Å². The molecule has 3 aromatic rings. The molecule has 0 saturated carbocycles. The molecule has 0 heterocycles. The van der Waals surface area contributed by atoms with Crippen molar-refractivity contribution in [3.8, 4) is 11.1 Å². The van der Waals surface area contributed by atoms with Crippen LogP contribution in [0.4, 0.5) is 5.69 Å². The van der Waals surface area contributed by atoms with Crippen molar-refractivity contribution in [2.45, 2.75) is 32.6 Å². The third-order valence-corrected chi connectivity index (χ3v) is 7.17. The Labute approximate surface area is 215 Å². The van der Waals surface area contributed by atoms with Crippen LogP contribution >= 0.6 is 0 Å². The van der Waals surface area contributed by atoms with Crippen molar-refractivity contribution >= 4 is 16.8 Å². The summed E-state index contributed by atoms with van der Waals surface area (Å²) < 4.78 is 0. The maximum Gasteiger partial charge on any atom is 0.0380 e. The molecule has 0 spiro atoms. The standard InChI is InChI=1S/C35H33N/c1-4-33-31(32-23-20-29(25-34(32)35(33,2)3)27-15-10-7-11-16-27)17-12-24-36-30-21-18-28(19-22-30)26-13-8-5-6-9-14-26/h4-8,10-25,36H,9H2,1-3H3/b24-12+,31-17-,33-4+. The van der Waals surface area contributed by atoms with Gasteiger partial charge in [-0.3, -0.25) is 0 Å². The summed E-state index contributed by atoms with van der Waals surface area (Å²) in [5, 5.41) is 3.42. The smallest absolute Gasteiger partial charge is 0.0380 e. The molecule has 0 aromatic heterocycles. The molecule has 1 heteroatoms. The molecule has 3 aromatic carbocycles. The molecule has 1 nitrogen and oxygen atoms in total. The van der Waals surface area contributed by atoms with Crippen LogP contribution in [0.3, 0.4) is 0 Å². The Morgan fingerprint density at radius 3 is 2.39 bits per heavy atom. The molecule has 0 aliphatic heterocycles. The summed E-state index contributed by atoms with van der Waals surface area (Å²) in [6, 6.07) is 26.2. The van der Waals surface area contributed by atoms with Crippen molar-refractivity contribution in [2.24, 2.45) is 0 Å². The number of allylic oxidation sites excluding steroid dienone is 11. The monoisotopic (exact) mass is 467 g/mol. The van der Waals surface area contributed by atoms with E-state index in [9.17, 15) is 0 Å². The van der Waals surface area contributed by atoms with Crippen LogP contribution in [0.25, 0.3) is 22.3 Å². The van der Waals surface area contributed by atoms with Crippen LogP contribution in [-0.4, -0.2) is 0 Å². The predicted octanol–water partition coefficient (Wildman–Crippen LogP) is 9.50. The molecule has 0 fully saturated rings. The maximum absolute atomic E-state index is 3.42. The Bertz CT molecular complexity index is 1420. The van der Waals surface area contributed by atoms with E-state index in [2.05, 4.69) is 147 Å². The second-order valence-corrected chi connectivity index (χ2v) is 9.80. The number of hydrogen-bond acceptors (Lipinski definition) is 1. The maximum atomic E-state index is 3.42. The Morgan fingerprint density at radius 1 is 0.833 bits per heavy atom. The molecule has 0 amide bonds. The lowest BCUT2D eigenvalue weighted by Gasteiger charge is -2.22. The van der Waals surface area contributed by atoms with Gasteiger partial charge in [-0.1, -0.05) is 111 Å². The Balaban J connectivity index is 1.36. The quantitative estimate of drug-likeness (QED) is 0.394. The second kappa shape index (κ2) is 10.3. The van der Waals surface area contributed by atoms with Gasteiger partial charge in [-0.2, -0.15) is 0 Å². The van der Waals surface area contributed by atoms with Gasteiger partial charge in [0.2, 0.25) is 0 Å². The van der Waals surface area contributed by atoms with E-state index >= 15 is 0 Å². The lowest BCUT2D eigenvalue weighted by molar-refractivity contribution is 0.660. The third kappa shape index (κ3) is 4.70. The van der Waals surface area contributed by atoms with Crippen molar-refractivity contribution in [1.29, 1.82) is 0 Å². The Kier molecular flexibility index (Phi) is 6.73. The largest absolute Gasteiger partial charge is 0.362 e. The molecule has 1 N–H and O–H groups in total. The highest BCUT2D eigenvalue weighted by Gasteiger charge is 2.37. The Hall–Kier alpha value is -4.10. The van der Waals surface area contributed by atoms with Crippen LogP contribution < -0.4 is 5.32 Å². The van der Waals surface area contributed by atoms with Gasteiger partial charge in [0.25, 0.3) is 0 Å². The molecule has 2 aliphatic carbocycles. The minimum absolute atomic E-state index is 0.0333. The van der Waals surface area contributed by atoms with E-state index in [0.717, 1.165) is 12.1 Å². The molecule has 178 valence electrons. The number of hydrogen-bond donors (Lipinski definition) is 1. The van der Waals surface area contributed by atoms with E-state index in [1.807, 2.05) is 6.20 Å². The number of nitrogens with one attached hydrogen (secondary N) is 1. The average Bonchev–Trinajstić information content (AvgIpc) is 3.08. The number of fused-ring (bicyclic) bond motifs is 1. The fourth-order valence-electron chi connectivity index (χ4n) is 5.27. The van der Waals surface area contributed by atoms with Crippen LogP contribution in [0.5, 0.6) is 0 Å². The van der Waals surface area contributed by atoms with E-state index in [-0.39, 0.29) is 5.41 Å². The van der Waals surface area contributed by atoms with E-state index in [4.69, 9.17) is 0 Å². The first kappa shape index (κ1) is 23.6. The molecule has 0 saturated heterocycles. The summed E-state index contributed by atoms with van der Waals surface area (Å²) in [5.41, 5.74) is 11.5. The minimum Gasteiger partial charge on any atom is -0.362 e. The summed E-state index contributed by atoms with van der Waals surface area (Å²) in [6.45, 7) is 6.80. The highest BCUT2D eigenvalue weighted by Crippen LogP contribution is 2.50. The van der Waals surface area contributed by atoms with Crippen molar-refractivity contribution < 1.29 is 0 Å². The van der Waals surface area contributed by atoms with Crippen LogP contribution in [0.2, 0.25) is 0 Å². The van der Waals surface area contributed by atoms with Gasteiger partial charge in [-0.05, 0) is 82.2 Å². The number of anilines is 1. The van der Waals surface area contributed by atoms with Gasteiger partial charge >= 0.3 is 0 Å². The molecule has 0 bridgehead atoms. The normalized spacial score (nSPS) is 18.5. The zero-order chi connectivity index (χ0) is 25.0. The van der Waals surface area contributed by atoms with E-state index in [1.165, 1.54) is 44.5 Å². The topological polar surface area (TPSA) is 12.0 Å². The highest BCUT2D eigenvalue weighted by molar-refractivity contribution is 5.91. The molecule has 0 radical (unpaired) electrons. The van der Waals surface area contributed by atoms with Gasteiger partial charge in [0.15, 0.2) is 0 Å². The van der Waals surface area contributed by atoms with Crippen molar-refractivity contribution in [1.82, 2.24) is 0 Å². The number of rotatable bonds is 5. The van der Waals surface area contributed by atoms with E-state index in [1.54, 1.807) is 0 Å². The lowest BCUT2D eigenvalue weighted by Crippen LogP contribution is -2.15. The molecular weight excluding hydrogens is 434 g/mol. The summed E-state index contributed by atoms with van der Waals surface area (Å²) in [5.74, 6) is 0. The first-order valence-corrected chi connectivity index (χ1v) is 12.7. The number of benzene rings is 3. The summed E-state index contributed by atoms with van der Waals surface area (Å²) in [7, 11) is 0. The highest BCUT2D eigenvalue weighted by atomic mass is 14.8. The molecular formula is C35H33N. The van der Waals surface area contributed by atoms with Crippen LogP contribution in [0.15, 0.2) is 133 Å². The van der Waals surface area contributed by atoms with Crippen LogP contribution in [0, 0.1) is 0 Å². The second-order valence-electron chi connectivity index (χ2n) is 9.80. The molecule has 0 atom stereocenters. The van der Waals surface area contributed by atoms with Gasteiger partial charge in [-0.25, -0.2) is 0 Å². The SMILES string of the molecule is C\C=C1/C(=C\C=C\Nc2ccc(C3=CCC=CC=C3)cc2)c2ccc(-c3ccccc3)cc2C1(C)C. The zero-order valence-electron chi connectivity index (χ0n) is 21.3. The predicted molar refractivity (Wildman–Crippen MR) is 157 cm³/mol. The minimum atomic E-state index is -0.0333. The third-order valence-electron chi connectivity index (χ3n) is 7.17. The fourth-order valence-corrected chi connectivity index (χ4v) is 5.27. The van der Waals surface area contributed by atoms with E-state index in [0.29, 0.717) is 0 Å². The first-order valence-electron chi connectivity index (χ1n) is 12.7. The molecule has 5 rings (SSSR count). The van der Waals surface area contributed by atoms with Gasteiger partial charge in [0, 0.05) is 17.3 Å². The Morgan fingerprint density at radius 2 is 1.61 bits per heavy atom. The van der Waals surface area contributed by atoms with Crippen LogP contribution in [-0.2, 0) is 5.41 Å². The van der Waals surface area contributed by atoms with Crippen molar-refractivity contribution in [2.75, 3.05) is 5.32 Å². The molecule has 0 unspecified atom stereocenters. The summed E-state index contributed by atoms with van der Waals surface area (Å²) >= 11 is 0. The van der Waals surface area contributed by atoms with Gasteiger partial charge in [0.05, 0.1) is 0 Å². The lowest BCUT2D eigenvalue weighted by atomic mass is 9.81. The molecule has 2 aliphatic rings. The average molecular weight is 468 g/mol. The van der Waals surface area contributed by atoms with Gasteiger partial charge in [0.1, 0.15) is 0 Å².